The van der Waals surface area contributed by atoms with Crippen molar-refractivity contribution >= 4 is 53.0 Å². The van der Waals surface area contributed by atoms with Gasteiger partial charge in [0.05, 0.1) is 22.6 Å². The third-order valence-electron chi connectivity index (χ3n) is 5.08. The lowest BCUT2D eigenvalue weighted by molar-refractivity contribution is -0.136. The highest BCUT2D eigenvalue weighted by molar-refractivity contribution is 7.86. The number of rotatable bonds is 8. The Morgan fingerprint density at radius 1 is 0.917 bits per heavy atom. The molecule has 0 bridgehead atoms. The zero-order chi connectivity index (χ0) is 27.2. The van der Waals surface area contributed by atoms with E-state index in [0.717, 1.165) is 24.3 Å². The van der Waals surface area contributed by atoms with E-state index in [9.17, 15) is 43.9 Å². The van der Waals surface area contributed by atoms with Gasteiger partial charge in [0.2, 0.25) is 0 Å². The number of benzene rings is 2. The molecule has 0 amide bonds. The molecule has 194 valence electrons. The molecule has 0 atom stereocenters. The van der Waals surface area contributed by atoms with E-state index in [0.29, 0.717) is 6.07 Å². The van der Waals surface area contributed by atoms with E-state index >= 15 is 0 Å². The fraction of sp³-hybridized carbons (Fsp3) is 0.158. The van der Waals surface area contributed by atoms with Gasteiger partial charge in [0.15, 0.2) is 0 Å². The predicted octanol–water partition coefficient (Wildman–Crippen LogP) is 1.08. The number of anilines is 1. The second-order valence-corrected chi connectivity index (χ2v) is 11.7. The Morgan fingerprint density at radius 3 is 2.06 bits per heavy atom. The highest BCUT2D eigenvalue weighted by Gasteiger charge is 2.23. The lowest BCUT2D eigenvalue weighted by Crippen LogP contribution is -2.15. The lowest BCUT2D eigenvalue weighted by atomic mass is 10.0. The quantitative estimate of drug-likeness (QED) is 0.190. The summed E-state index contributed by atoms with van der Waals surface area (Å²) in [6, 6.07) is 4.16. The molecule has 17 heteroatoms. The third kappa shape index (κ3) is 5.72. The standard InChI is InChI=1S/C19H17NO13S3/c1-9-12-5-17(36(30,31)32)14(7-15(12)33-19(23)13(9)6-18(21)22)20-8-10-2-3-11(34(24,25)26)4-16(10)35(27,28)29/h2-5,7,20H,6,8H2,1H3,(H,21,22)(H,24,25,26)(H,27,28,29)(H,30,31,32). The topological polar surface area (TPSA) is 243 Å². The number of fused-ring (bicyclic) bond motifs is 1. The van der Waals surface area contributed by atoms with Crippen molar-refractivity contribution in [2.24, 2.45) is 0 Å². The molecule has 3 aromatic rings. The highest BCUT2D eigenvalue weighted by Crippen LogP contribution is 2.31. The summed E-state index contributed by atoms with van der Waals surface area (Å²) in [5, 5.41) is 11.5. The molecule has 0 fully saturated rings. The first-order valence-electron chi connectivity index (χ1n) is 9.51. The van der Waals surface area contributed by atoms with Gasteiger partial charge in [-0.1, -0.05) is 6.07 Å². The molecule has 0 radical (unpaired) electrons. The van der Waals surface area contributed by atoms with Gasteiger partial charge in [-0.3, -0.25) is 18.5 Å². The van der Waals surface area contributed by atoms with Crippen LogP contribution in [0.25, 0.3) is 11.0 Å². The molecule has 0 unspecified atom stereocenters. The zero-order valence-corrected chi connectivity index (χ0v) is 20.4. The van der Waals surface area contributed by atoms with Crippen LogP contribution in [0.1, 0.15) is 16.7 Å². The van der Waals surface area contributed by atoms with Crippen LogP contribution in [0.4, 0.5) is 5.69 Å². The minimum Gasteiger partial charge on any atom is -0.481 e. The molecule has 5 N–H and O–H groups in total. The molecule has 0 saturated carbocycles. The Hall–Kier alpha value is -3.35. The van der Waals surface area contributed by atoms with Crippen molar-refractivity contribution in [1.82, 2.24) is 0 Å². The maximum Gasteiger partial charge on any atom is 0.340 e. The number of nitrogens with one attached hydrogen (secondary N) is 1. The molecule has 0 saturated heterocycles. The van der Waals surface area contributed by atoms with Crippen LogP contribution in [0.2, 0.25) is 0 Å². The molecule has 1 heterocycles. The first-order valence-corrected chi connectivity index (χ1v) is 13.8. The van der Waals surface area contributed by atoms with Gasteiger partial charge >= 0.3 is 11.6 Å². The van der Waals surface area contributed by atoms with Gasteiger partial charge in [-0.15, -0.1) is 0 Å². The predicted molar refractivity (Wildman–Crippen MR) is 122 cm³/mol. The first kappa shape index (κ1) is 27.2. The van der Waals surface area contributed by atoms with Gasteiger partial charge in [-0.05, 0) is 36.2 Å². The summed E-state index contributed by atoms with van der Waals surface area (Å²) in [4.78, 5) is 20.8. The molecule has 1 aromatic heterocycles. The average Bonchev–Trinajstić information content (AvgIpc) is 2.72. The number of hydrogen-bond donors (Lipinski definition) is 5. The summed E-state index contributed by atoms with van der Waals surface area (Å²) in [5.41, 5.74) is -1.98. The number of hydrogen-bond acceptors (Lipinski definition) is 10. The summed E-state index contributed by atoms with van der Waals surface area (Å²) in [6.45, 7) is 0.794. The van der Waals surface area contributed by atoms with E-state index in [-0.39, 0.29) is 33.3 Å². The molecule has 0 aliphatic carbocycles. The average molecular weight is 564 g/mol. The van der Waals surface area contributed by atoms with Crippen molar-refractivity contribution in [1.29, 1.82) is 0 Å². The van der Waals surface area contributed by atoms with Crippen molar-refractivity contribution in [2.45, 2.75) is 34.6 Å². The van der Waals surface area contributed by atoms with Crippen molar-refractivity contribution in [3.8, 4) is 0 Å². The van der Waals surface area contributed by atoms with Crippen LogP contribution >= 0.6 is 0 Å². The minimum atomic E-state index is -5.01. The molecule has 2 aromatic carbocycles. The Bertz CT molecular complexity index is 1790. The van der Waals surface area contributed by atoms with Gasteiger partial charge in [-0.2, -0.15) is 25.3 Å². The number of carboxylic acid groups (broad SMARTS) is 1. The van der Waals surface area contributed by atoms with Gasteiger partial charge < -0.3 is 14.8 Å². The fourth-order valence-electron chi connectivity index (χ4n) is 3.39. The summed E-state index contributed by atoms with van der Waals surface area (Å²) in [6.07, 6.45) is -0.705. The molecule has 0 aliphatic heterocycles. The van der Waals surface area contributed by atoms with E-state index in [1.807, 2.05) is 0 Å². The maximum atomic E-state index is 12.2. The molecule has 36 heavy (non-hydrogen) atoms. The lowest BCUT2D eigenvalue weighted by Gasteiger charge is -2.15. The minimum absolute atomic E-state index is 0.000144. The Labute approximate surface area is 203 Å². The van der Waals surface area contributed by atoms with E-state index < -0.39 is 69.6 Å². The molecule has 3 rings (SSSR count). The molecule has 0 spiro atoms. The SMILES string of the molecule is Cc1c(CC(=O)O)c(=O)oc2cc(NCc3ccc(S(=O)(=O)O)cc3S(=O)(=O)O)c(S(=O)(=O)O)cc12. The summed E-state index contributed by atoms with van der Waals surface area (Å²) >= 11 is 0. The zero-order valence-electron chi connectivity index (χ0n) is 18.0. The first-order chi connectivity index (χ1) is 16.4. The Kier molecular flexibility index (Phi) is 7.01. The number of aliphatic carboxylic acids is 1. The monoisotopic (exact) mass is 563 g/mol. The van der Waals surface area contributed by atoms with Crippen LogP contribution in [-0.4, -0.2) is 50.0 Å². The van der Waals surface area contributed by atoms with Crippen LogP contribution < -0.4 is 10.9 Å². The van der Waals surface area contributed by atoms with Crippen molar-refractivity contribution in [3.63, 3.8) is 0 Å². The smallest absolute Gasteiger partial charge is 0.340 e. The van der Waals surface area contributed by atoms with Gasteiger partial charge in [-0.25, -0.2) is 4.79 Å². The van der Waals surface area contributed by atoms with Crippen LogP contribution in [0.15, 0.2) is 54.2 Å². The third-order valence-corrected chi connectivity index (χ3v) is 7.76. The van der Waals surface area contributed by atoms with E-state index in [1.165, 1.54) is 6.92 Å². The van der Waals surface area contributed by atoms with E-state index in [2.05, 4.69) is 5.32 Å². The maximum absolute atomic E-state index is 12.2. The molecular formula is C19H17NO13S3. The van der Waals surface area contributed by atoms with E-state index in [4.69, 9.17) is 14.1 Å². The van der Waals surface area contributed by atoms with Gasteiger partial charge in [0, 0.05) is 18.0 Å². The van der Waals surface area contributed by atoms with Crippen LogP contribution in [0, 0.1) is 6.92 Å². The summed E-state index contributed by atoms with van der Waals surface area (Å²) in [7, 11) is -14.8. The Morgan fingerprint density at radius 2 is 1.53 bits per heavy atom. The molecular weight excluding hydrogens is 546 g/mol. The molecule has 14 nitrogen and oxygen atoms in total. The van der Waals surface area contributed by atoms with Crippen LogP contribution in [0.5, 0.6) is 0 Å². The van der Waals surface area contributed by atoms with Crippen LogP contribution in [0.3, 0.4) is 0 Å². The van der Waals surface area contributed by atoms with E-state index in [1.54, 1.807) is 0 Å². The number of carbonyl (C=O) groups is 1. The second-order valence-electron chi connectivity index (χ2n) is 7.46. The highest BCUT2D eigenvalue weighted by atomic mass is 32.2. The number of carboxylic acids is 1. The van der Waals surface area contributed by atoms with Gasteiger partial charge in [0.1, 0.15) is 15.4 Å². The number of aryl methyl sites for hydroxylation is 1. The normalized spacial score (nSPS) is 12.6. The van der Waals surface area contributed by atoms with Crippen molar-refractivity contribution in [2.75, 3.05) is 5.32 Å². The van der Waals surface area contributed by atoms with Crippen molar-refractivity contribution in [3.05, 3.63) is 57.4 Å². The van der Waals surface area contributed by atoms with Gasteiger partial charge in [0.25, 0.3) is 30.4 Å². The van der Waals surface area contributed by atoms with Crippen molar-refractivity contribution < 1.29 is 53.2 Å². The summed E-state index contributed by atoms with van der Waals surface area (Å²) < 4.78 is 104. The second kappa shape index (κ2) is 9.26. The summed E-state index contributed by atoms with van der Waals surface area (Å²) in [5.74, 6) is -1.34. The molecule has 0 aliphatic rings. The van der Waals surface area contributed by atoms with Crippen LogP contribution in [-0.2, 0) is 48.1 Å². The Balaban J connectivity index is 2.17. The fourth-order valence-corrected chi connectivity index (χ4v) is 5.40. The largest absolute Gasteiger partial charge is 0.481 e.